The Morgan fingerprint density at radius 2 is 1.03 bits per heavy atom. The standard InChI is InChI=1S/C66H64BN3O/c1-63(2,3)43-26-23-41(24-27-43)42-25-36-57-53(37-42)61-62(71-57)67-59-51(39-46(66(10,11)12)40-56(59)69(61)49-31-28-44(29-32-49)64(4,5)6)50-33-35-55(68(47-19-15-13-16-20-47)48-21-17-14-18-22-48)58-52-38-45(65(7,8)9)30-34-54(52)70(67)60(50)58/h13-40H,1-12H3. The molecule has 0 spiro atoms. The maximum Gasteiger partial charge on any atom is 0.375 e. The molecule has 2 aromatic heterocycles. The fourth-order valence-electron chi connectivity index (χ4n) is 11.4. The highest BCUT2D eigenvalue weighted by molar-refractivity contribution is 6.89. The zero-order valence-corrected chi connectivity index (χ0v) is 43.5. The van der Waals surface area contributed by atoms with Gasteiger partial charge in [0, 0.05) is 55.5 Å². The van der Waals surface area contributed by atoms with E-state index >= 15 is 0 Å². The Bertz CT molecular complexity index is 3680. The molecule has 352 valence electrons. The summed E-state index contributed by atoms with van der Waals surface area (Å²) in [6.07, 6.45) is 0. The minimum absolute atomic E-state index is 0.00858. The first-order valence-electron chi connectivity index (χ1n) is 25.5. The number of hydrogen-bond acceptors (Lipinski definition) is 3. The highest BCUT2D eigenvalue weighted by atomic mass is 16.3. The number of rotatable bonds is 5. The van der Waals surface area contributed by atoms with Crippen molar-refractivity contribution in [2.75, 3.05) is 9.80 Å². The van der Waals surface area contributed by atoms with E-state index in [0.29, 0.717) is 0 Å². The monoisotopic (exact) mass is 926 g/mol. The van der Waals surface area contributed by atoms with E-state index in [0.717, 1.165) is 45.1 Å². The number of nitrogens with zero attached hydrogens (tertiary/aromatic N) is 3. The molecular formula is C66H64BN3O. The van der Waals surface area contributed by atoms with Crippen LogP contribution < -0.4 is 20.9 Å². The molecule has 71 heavy (non-hydrogen) atoms. The third-order valence-corrected chi connectivity index (χ3v) is 15.4. The SMILES string of the molecule is CC(C)(C)c1ccc(-c2ccc3oc4c(c3c2)N(c2ccc(C(C)(C)C)cc2)c2cc(C(C)(C)C)cc3c2B4n2c4ccc(C(C)(C)C)cc4c4c(N(c5ccccc5)c5ccccc5)ccc-3c42)cc1. The van der Waals surface area contributed by atoms with E-state index < -0.39 is 0 Å². The predicted octanol–water partition coefficient (Wildman–Crippen LogP) is 17.3. The van der Waals surface area contributed by atoms with Gasteiger partial charge in [0.15, 0.2) is 0 Å². The molecule has 2 aliphatic rings. The number of fused-ring (bicyclic) bond motifs is 9. The smallest absolute Gasteiger partial charge is 0.375 e. The van der Waals surface area contributed by atoms with Crippen molar-refractivity contribution in [2.24, 2.45) is 0 Å². The minimum atomic E-state index is -0.263. The molecule has 0 saturated heterocycles. The highest BCUT2D eigenvalue weighted by Crippen LogP contribution is 2.52. The molecule has 8 aromatic carbocycles. The molecule has 4 heterocycles. The molecule has 0 aliphatic carbocycles. The zero-order chi connectivity index (χ0) is 49.5. The average molecular weight is 926 g/mol. The van der Waals surface area contributed by atoms with Gasteiger partial charge in [-0.15, -0.1) is 0 Å². The summed E-state index contributed by atoms with van der Waals surface area (Å²) >= 11 is 0. The zero-order valence-electron chi connectivity index (χ0n) is 43.5. The first kappa shape index (κ1) is 44.9. The lowest BCUT2D eigenvalue weighted by atomic mass is 9.47. The van der Waals surface area contributed by atoms with Gasteiger partial charge in [0.2, 0.25) is 0 Å². The van der Waals surface area contributed by atoms with E-state index in [4.69, 9.17) is 4.42 Å². The quantitative estimate of drug-likeness (QED) is 0.161. The largest absolute Gasteiger partial charge is 0.466 e. The van der Waals surface area contributed by atoms with E-state index in [-0.39, 0.29) is 28.5 Å². The third kappa shape index (κ3) is 7.17. The van der Waals surface area contributed by atoms with Gasteiger partial charge in [-0.25, -0.2) is 0 Å². The van der Waals surface area contributed by atoms with Gasteiger partial charge >= 0.3 is 6.85 Å². The Hall–Kier alpha value is -7.24. The molecule has 2 aliphatic heterocycles. The van der Waals surface area contributed by atoms with E-state index in [9.17, 15) is 0 Å². The molecule has 10 aromatic rings. The van der Waals surface area contributed by atoms with Gasteiger partial charge in [0.25, 0.3) is 0 Å². The predicted molar refractivity (Wildman–Crippen MR) is 305 cm³/mol. The van der Waals surface area contributed by atoms with Crippen LogP contribution in [0.4, 0.5) is 34.1 Å². The summed E-state index contributed by atoms with van der Waals surface area (Å²) in [5, 5.41) is 3.58. The van der Waals surface area contributed by atoms with Crippen LogP contribution in [0.3, 0.4) is 0 Å². The average Bonchev–Trinajstić information content (AvgIpc) is 3.89. The summed E-state index contributed by atoms with van der Waals surface area (Å²) in [5.74, 6) is 0. The molecule has 4 nitrogen and oxygen atoms in total. The molecule has 0 unspecified atom stereocenters. The number of furan rings is 1. The van der Waals surface area contributed by atoms with Gasteiger partial charge in [-0.1, -0.05) is 180 Å². The van der Waals surface area contributed by atoms with Crippen LogP contribution in [0.25, 0.3) is 55.0 Å². The van der Waals surface area contributed by atoms with Crippen LogP contribution in [0, 0.1) is 0 Å². The molecule has 5 heteroatoms. The van der Waals surface area contributed by atoms with Crippen molar-refractivity contribution in [3.05, 3.63) is 192 Å². The Morgan fingerprint density at radius 1 is 0.465 bits per heavy atom. The second-order valence-corrected chi connectivity index (χ2v) is 24.3. The number of aromatic nitrogens is 1. The third-order valence-electron chi connectivity index (χ3n) is 15.4. The number of para-hydroxylation sites is 2. The van der Waals surface area contributed by atoms with Gasteiger partial charge in [-0.3, -0.25) is 0 Å². The van der Waals surface area contributed by atoms with Crippen LogP contribution >= 0.6 is 0 Å². The maximum atomic E-state index is 7.51. The van der Waals surface area contributed by atoms with Gasteiger partial charge in [0.05, 0.1) is 11.4 Å². The lowest BCUT2D eigenvalue weighted by molar-refractivity contribution is 0.590. The summed E-state index contributed by atoms with van der Waals surface area (Å²) in [6.45, 7) is 27.5. The van der Waals surface area contributed by atoms with E-state index in [1.807, 2.05) is 0 Å². The maximum absolute atomic E-state index is 7.51. The Labute approximate surface area is 420 Å². The molecule has 0 amide bonds. The fourth-order valence-corrected chi connectivity index (χ4v) is 11.4. The molecule has 12 rings (SSSR count). The van der Waals surface area contributed by atoms with Crippen molar-refractivity contribution in [3.63, 3.8) is 0 Å². The summed E-state index contributed by atoms with van der Waals surface area (Å²) in [4.78, 5) is 4.99. The Kier molecular flexibility index (Phi) is 9.89. The summed E-state index contributed by atoms with van der Waals surface area (Å²) in [5.41, 5.74) is 22.3. The molecule has 0 fully saturated rings. The van der Waals surface area contributed by atoms with Crippen molar-refractivity contribution < 1.29 is 4.42 Å². The molecule has 0 radical (unpaired) electrons. The summed E-state index contributed by atoms with van der Waals surface area (Å²) in [7, 11) is 0. The highest BCUT2D eigenvalue weighted by Gasteiger charge is 2.47. The second kappa shape index (κ2) is 15.6. The second-order valence-electron chi connectivity index (χ2n) is 24.3. The van der Waals surface area contributed by atoms with E-state index in [1.54, 1.807) is 0 Å². The van der Waals surface area contributed by atoms with Crippen LogP contribution in [0.5, 0.6) is 0 Å². The Morgan fingerprint density at radius 3 is 1.62 bits per heavy atom. The van der Waals surface area contributed by atoms with Crippen molar-refractivity contribution in [3.8, 4) is 22.3 Å². The lowest BCUT2D eigenvalue weighted by Crippen LogP contribution is -2.56. The molecule has 0 N–H and O–H groups in total. The first-order valence-corrected chi connectivity index (χ1v) is 25.5. The van der Waals surface area contributed by atoms with Crippen LogP contribution in [0.2, 0.25) is 0 Å². The van der Waals surface area contributed by atoms with Gasteiger partial charge in [0.1, 0.15) is 11.2 Å². The number of anilines is 6. The topological polar surface area (TPSA) is 24.6 Å². The number of benzene rings is 8. The molecule has 0 bridgehead atoms. The van der Waals surface area contributed by atoms with Crippen LogP contribution in [0.15, 0.2) is 174 Å². The van der Waals surface area contributed by atoms with Crippen molar-refractivity contribution in [1.82, 2.24) is 4.48 Å². The molecule has 0 saturated carbocycles. The van der Waals surface area contributed by atoms with Gasteiger partial charge in [-0.05, 0) is 139 Å². The van der Waals surface area contributed by atoms with Crippen LogP contribution in [0.1, 0.15) is 105 Å². The van der Waals surface area contributed by atoms with Crippen molar-refractivity contribution in [2.45, 2.75) is 105 Å². The van der Waals surface area contributed by atoms with Gasteiger partial charge in [-0.2, -0.15) is 0 Å². The van der Waals surface area contributed by atoms with Crippen LogP contribution in [-0.2, 0) is 21.7 Å². The lowest BCUT2D eigenvalue weighted by Gasteiger charge is -2.40. The van der Waals surface area contributed by atoms with E-state index in [1.165, 1.54) is 77.5 Å². The summed E-state index contributed by atoms with van der Waals surface area (Å²) in [6, 6.07) is 64.0. The van der Waals surface area contributed by atoms with Crippen molar-refractivity contribution >= 4 is 84.9 Å². The van der Waals surface area contributed by atoms with Crippen LogP contribution in [-0.4, -0.2) is 11.3 Å². The molecule has 0 atom stereocenters. The minimum Gasteiger partial charge on any atom is -0.466 e. The van der Waals surface area contributed by atoms with Gasteiger partial charge < -0.3 is 18.7 Å². The Balaban J connectivity index is 1.22. The van der Waals surface area contributed by atoms with Crippen molar-refractivity contribution in [1.29, 1.82) is 0 Å². The fraction of sp³-hybridized carbons (Fsp3) is 0.242. The summed E-state index contributed by atoms with van der Waals surface area (Å²) < 4.78 is 10.2. The first-order chi connectivity index (χ1) is 33.8. The number of hydrogen-bond donors (Lipinski definition) is 0. The normalized spacial score (nSPS) is 13.6. The van der Waals surface area contributed by atoms with E-state index in [2.05, 4.69) is 267 Å². The molecular weight excluding hydrogens is 862 g/mol.